The highest BCUT2D eigenvalue weighted by Gasteiger charge is 2.55. The predicted octanol–water partition coefficient (Wildman–Crippen LogP) is 11.9. The van der Waals surface area contributed by atoms with Gasteiger partial charge in [0, 0.05) is 33.2 Å². The maximum Gasteiger partial charge on any atom is 0.333 e. The van der Waals surface area contributed by atoms with E-state index in [-0.39, 0.29) is 6.85 Å². The topological polar surface area (TPSA) is 21.3 Å². The van der Waals surface area contributed by atoms with E-state index in [1.54, 1.807) is 0 Å². The van der Waals surface area contributed by atoms with Crippen LogP contribution < -0.4 is 15.8 Å². The van der Waals surface area contributed by atoms with E-state index in [9.17, 15) is 0 Å². The molecule has 0 amide bonds. The van der Waals surface area contributed by atoms with Crippen LogP contribution in [0.5, 0.6) is 0 Å². The largest absolute Gasteiger partial charge is 0.454 e. The van der Waals surface area contributed by atoms with Gasteiger partial charge < -0.3 is 13.8 Å². The molecule has 0 saturated heterocycles. The molecule has 0 unspecified atom stereocenters. The number of aryl methyl sites for hydroxylation is 2. The van der Waals surface area contributed by atoms with Crippen molar-refractivity contribution in [1.82, 2.24) is 4.48 Å². The fourth-order valence-corrected chi connectivity index (χ4v) is 11.8. The Balaban J connectivity index is 1.20. The average Bonchev–Trinajstić information content (AvgIpc) is 3.88. The first-order valence-corrected chi connectivity index (χ1v) is 20.1. The summed E-state index contributed by atoms with van der Waals surface area (Å²) in [6.45, 7) is 4.42. The van der Waals surface area contributed by atoms with Gasteiger partial charge in [-0.25, -0.2) is 0 Å². The third-order valence-corrected chi connectivity index (χ3v) is 13.8. The van der Waals surface area contributed by atoms with Gasteiger partial charge in [-0.2, -0.15) is 0 Å². The van der Waals surface area contributed by atoms with Gasteiger partial charge in [0.15, 0.2) is 5.58 Å². The van der Waals surface area contributed by atoms with Gasteiger partial charge in [0.1, 0.15) is 5.58 Å². The Hall–Kier alpha value is -7.04. The van der Waals surface area contributed by atoms with Crippen LogP contribution in [0.3, 0.4) is 0 Å². The summed E-state index contributed by atoms with van der Waals surface area (Å²) in [4.78, 5) is 2.64. The van der Waals surface area contributed by atoms with Gasteiger partial charge in [-0.15, -0.1) is 0 Å². The zero-order valence-electron chi connectivity index (χ0n) is 31.5. The van der Waals surface area contributed by atoms with Crippen LogP contribution in [0.25, 0.3) is 66.4 Å². The number of anilines is 3. The molecule has 2 aromatic heterocycles. The van der Waals surface area contributed by atoms with Crippen LogP contribution >= 0.6 is 0 Å². The number of hydrogen-bond acceptors (Lipinski definition) is 2. The SMILES string of the molecule is Cc1cccc(C)c1-c1cc2c3c(c1)N1c4ccccc4C4(c5ccccc5-c5ccccc54)c4cccc(c41)B3n1c3c-2cccc3c2oc3ccccc3c21. The summed E-state index contributed by atoms with van der Waals surface area (Å²) >= 11 is 0. The number of fused-ring (bicyclic) bond motifs is 18. The highest BCUT2D eigenvalue weighted by molar-refractivity contribution is 6.90. The van der Waals surface area contributed by atoms with Crippen molar-refractivity contribution in [2.24, 2.45) is 0 Å². The number of para-hydroxylation sites is 4. The molecular weight excluding hydrogens is 691 g/mol. The lowest BCUT2D eigenvalue weighted by Crippen LogP contribution is -2.58. The average molecular weight is 725 g/mol. The molecule has 3 nitrogen and oxygen atoms in total. The number of rotatable bonds is 1. The van der Waals surface area contributed by atoms with Crippen molar-refractivity contribution in [3.8, 4) is 33.4 Å². The summed E-state index contributed by atoms with van der Waals surface area (Å²) in [6.07, 6.45) is 0. The first-order chi connectivity index (χ1) is 28.1. The highest BCUT2D eigenvalue weighted by Crippen LogP contribution is 2.64. The first-order valence-electron chi connectivity index (χ1n) is 20.1. The van der Waals surface area contributed by atoms with Crippen LogP contribution in [0.4, 0.5) is 17.1 Å². The maximum atomic E-state index is 6.83. The minimum atomic E-state index is -0.494. The van der Waals surface area contributed by atoms with Crippen LogP contribution in [0.2, 0.25) is 0 Å². The molecule has 57 heavy (non-hydrogen) atoms. The molecule has 0 radical (unpaired) electrons. The van der Waals surface area contributed by atoms with Gasteiger partial charge in [0.2, 0.25) is 0 Å². The summed E-state index contributed by atoms with van der Waals surface area (Å²) in [6, 6.07) is 61.7. The van der Waals surface area contributed by atoms with Gasteiger partial charge in [-0.05, 0) is 122 Å². The molecule has 264 valence electrons. The van der Waals surface area contributed by atoms with Crippen LogP contribution in [-0.4, -0.2) is 11.3 Å². The third kappa shape index (κ3) is 3.37. The second-order valence-corrected chi connectivity index (χ2v) is 16.4. The fourth-order valence-electron chi connectivity index (χ4n) is 11.8. The molecule has 14 rings (SSSR count). The molecule has 10 aromatic rings. The molecule has 1 spiro atoms. The van der Waals surface area contributed by atoms with Crippen LogP contribution in [0.1, 0.15) is 33.4 Å². The van der Waals surface area contributed by atoms with E-state index in [0.717, 1.165) is 21.9 Å². The zero-order chi connectivity index (χ0) is 37.3. The number of furan rings is 1. The lowest BCUT2D eigenvalue weighted by molar-refractivity contribution is 0.673. The van der Waals surface area contributed by atoms with E-state index in [2.05, 4.69) is 187 Å². The van der Waals surface area contributed by atoms with Crippen molar-refractivity contribution in [3.05, 3.63) is 197 Å². The molecule has 0 saturated carbocycles. The fraction of sp³-hybridized carbons (Fsp3) is 0.0566. The van der Waals surface area contributed by atoms with E-state index in [4.69, 9.17) is 4.42 Å². The smallest absolute Gasteiger partial charge is 0.333 e. The number of aromatic nitrogens is 1. The minimum absolute atomic E-state index is 0.0849. The van der Waals surface area contributed by atoms with E-state index < -0.39 is 5.41 Å². The van der Waals surface area contributed by atoms with Gasteiger partial charge >= 0.3 is 6.85 Å². The quantitative estimate of drug-likeness (QED) is 0.157. The molecular formula is C53H33BN2O. The summed E-state index contributed by atoms with van der Waals surface area (Å²) in [5, 5.41) is 2.32. The Morgan fingerprint density at radius 3 is 1.95 bits per heavy atom. The third-order valence-electron chi connectivity index (χ3n) is 13.8. The van der Waals surface area contributed by atoms with Crippen LogP contribution in [0.15, 0.2) is 168 Å². The molecule has 3 aliphatic heterocycles. The number of benzene rings is 8. The van der Waals surface area contributed by atoms with Crippen molar-refractivity contribution in [3.63, 3.8) is 0 Å². The van der Waals surface area contributed by atoms with Gasteiger partial charge in [-0.3, -0.25) is 0 Å². The molecule has 0 atom stereocenters. The van der Waals surface area contributed by atoms with Crippen LogP contribution in [0, 0.1) is 13.8 Å². The zero-order valence-corrected chi connectivity index (χ0v) is 31.5. The molecule has 0 fully saturated rings. The standard InChI is InChI=1S/C53H33BN2O/c1-30-14-11-15-31(2)47(30)32-28-38-35-19-12-20-37-49(35)56(50-36-18-5-10-27-46(36)57-52(37)50)54-43-25-13-24-42-51(43)55(45(29-32)48(38)54)44-26-9-8-23-41(44)53(42)39-21-6-3-16-33(39)34-17-4-7-22-40(34)53/h3-29H,1-2H3. The van der Waals surface area contributed by atoms with Gasteiger partial charge in [0.05, 0.1) is 16.6 Å². The molecule has 8 aromatic carbocycles. The molecule has 1 aliphatic carbocycles. The summed E-state index contributed by atoms with van der Waals surface area (Å²) in [5.74, 6) is 0. The van der Waals surface area contributed by atoms with E-state index in [1.807, 2.05) is 0 Å². The highest BCUT2D eigenvalue weighted by atomic mass is 16.3. The number of nitrogens with zero attached hydrogens (tertiary/aromatic N) is 2. The van der Waals surface area contributed by atoms with Crippen molar-refractivity contribution in [2.75, 3.05) is 4.90 Å². The Labute approximate surface area is 330 Å². The van der Waals surface area contributed by atoms with Gasteiger partial charge in [0.25, 0.3) is 0 Å². The van der Waals surface area contributed by atoms with Crippen molar-refractivity contribution < 1.29 is 4.42 Å². The second kappa shape index (κ2) is 10.2. The summed E-state index contributed by atoms with van der Waals surface area (Å²) in [5.41, 5.74) is 25.9. The van der Waals surface area contributed by atoms with E-state index in [0.29, 0.717) is 0 Å². The predicted molar refractivity (Wildman–Crippen MR) is 236 cm³/mol. The molecule has 0 bridgehead atoms. The number of hydrogen-bond donors (Lipinski definition) is 0. The molecule has 4 heteroatoms. The lowest BCUT2D eigenvalue weighted by atomic mass is 9.43. The van der Waals surface area contributed by atoms with Crippen molar-refractivity contribution >= 4 is 67.8 Å². The Bertz CT molecular complexity index is 3410. The Kier molecular flexibility index (Phi) is 5.42. The van der Waals surface area contributed by atoms with E-state index in [1.165, 1.54) is 106 Å². The van der Waals surface area contributed by atoms with E-state index >= 15 is 0 Å². The lowest BCUT2D eigenvalue weighted by Gasteiger charge is -2.49. The Morgan fingerprint density at radius 2 is 1.14 bits per heavy atom. The van der Waals surface area contributed by atoms with Crippen molar-refractivity contribution in [2.45, 2.75) is 19.3 Å². The molecule has 4 aliphatic rings. The molecule has 0 N–H and O–H groups in total. The normalized spacial score (nSPS) is 14.6. The van der Waals surface area contributed by atoms with Crippen molar-refractivity contribution in [1.29, 1.82) is 0 Å². The minimum Gasteiger partial charge on any atom is -0.454 e. The van der Waals surface area contributed by atoms with Gasteiger partial charge in [-0.1, -0.05) is 127 Å². The van der Waals surface area contributed by atoms with Crippen LogP contribution in [-0.2, 0) is 5.41 Å². The monoisotopic (exact) mass is 724 g/mol. The maximum absolute atomic E-state index is 6.83. The Morgan fingerprint density at radius 1 is 0.509 bits per heavy atom. The molecule has 5 heterocycles. The first kappa shape index (κ1) is 30.2. The summed E-state index contributed by atoms with van der Waals surface area (Å²) in [7, 11) is 0. The second-order valence-electron chi connectivity index (χ2n) is 16.4. The summed E-state index contributed by atoms with van der Waals surface area (Å²) < 4.78 is 9.48.